The number of carbonyl (C=O) groups excluding carboxylic acids is 1. The van der Waals surface area contributed by atoms with Crippen LogP contribution in [0.5, 0.6) is 11.5 Å². The van der Waals surface area contributed by atoms with E-state index in [0.29, 0.717) is 55.1 Å². The van der Waals surface area contributed by atoms with Gasteiger partial charge in [-0.1, -0.05) is 6.07 Å². The fourth-order valence-electron chi connectivity index (χ4n) is 4.09. The van der Waals surface area contributed by atoms with E-state index in [0.717, 1.165) is 24.8 Å². The van der Waals surface area contributed by atoms with Crippen LogP contribution in [0, 0.1) is 5.92 Å². The second-order valence-corrected chi connectivity index (χ2v) is 8.41. The van der Waals surface area contributed by atoms with Crippen LogP contribution in [0.25, 0.3) is 11.3 Å². The summed E-state index contributed by atoms with van der Waals surface area (Å²) in [5.74, 6) is 1.75. The van der Waals surface area contributed by atoms with Crippen molar-refractivity contribution in [2.75, 3.05) is 26.3 Å². The first-order chi connectivity index (χ1) is 14.3. The molecule has 1 aliphatic heterocycles. The van der Waals surface area contributed by atoms with Gasteiger partial charge in [-0.2, -0.15) is 5.10 Å². The van der Waals surface area contributed by atoms with Gasteiger partial charge in [-0.15, -0.1) is 0 Å². The Balaban J connectivity index is 1.75. The van der Waals surface area contributed by atoms with Crippen molar-refractivity contribution in [1.29, 1.82) is 0 Å². The van der Waals surface area contributed by atoms with Crippen LogP contribution in [-0.2, 0) is 0 Å². The average molecular weight is 416 g/mol. The van der Waals surface area contributed by atoms with Crippen LogP contribution < -0.4 is 9.47 Å². The van der Waals surface area contributed by atoms with E-state index >= 15 is 0 Å². The number of carbonyl (C=O) groups is 1. The Hall–Kier alpha value is -2.54. The molecule has 1 aromatic carbocycles. The highest BCUT2D eigenvalue weighted by Gasteiger charge is 2.28. The van der Waals surface area contributed by atoms with Gasteiger partial charge in [-0.25, -0.2) is 0 Å². The molecule has 2 heterocycles. The predicted molar refractivity (Wildman–Crippen MR) is 116 cm³/mol. The average Bonchev–Trinajstić information content (AvgIpc) is 3.17. The van der Waals surface area contributed by atoms with Crippen molar-refractivity contribution >= 4 is 5.91 Å². The fraction of sp³-hybridized carbons (Fsp3) is 0.565. The number of aromatic nitrogens is 2. The molecule has 7 nitrogen and oxygen atoms in total. The van der Waals surface area contributed by atoms with Crippen LogP contribution in [-0.4, -0.2) is 58.0 Å². The molecule has 0 bridgehead atoms. The van der Waals surface area contributed by atoms with E-state index in [4.69, 9.17) is 9.47 Å². The Bertz CT molecular complexity index is 824. The van der Waals surface area contributed by atoms with Gasteiger partial charge in [-0.05, 0) is 71.1 Å². The van der Waals surface area contributed by atoms with Crippen LogP contribution in [0.1, 0.15) is 57.4 Å². The number of H-pyrrole nitrogens is 1. The van der Waals surface area contributed by atoms with Crippen molar-refractivity contribution in [3.8, 4) is 22.8 Å². The van der Waals surface area contributed by atoms with Crippen molar-refractivity contribution < 1.29 is 19.4 Å². The molecular weight excluding hydrogens is 382 g/mol. The van der Waals surface area contributed by atoms with Gasteiger partial charge in [0.1, 0.15) is 22.9 Å². The third kappa shape index (κ3) is 5.33. The van der Waals surface area contributed by atoms with Crippen LogP contribution in [0.2, 0.25) is 0 Å². The van der Waals surface area contributed by atoms with Gasteiger partial charge in [0.2, 0.25) is 0 Å². The number of hydrogen-bond acceptors (Lipinski definition) is 5. The largest absolute Gasteiger partial charge is 0.493 e. The second kappa shape index (κ2) is 9.51. The normalized spacial score (nSPS) is 15.3. The lowest BCUT2D eigenvalue weighted by Crippen LogP contribution is -2.40. The Kier molecular flexibility index (Phi) is 7.02. The number of hydrogen-bond donors (Lipinski definition) is 2. The maximum Gasteiger partial charge on any atom is 0.271 e. The van der Waals surface area contributed by atoms with Gasteiger partial charge in [0.15, 0.2) is 0 Å². The third-order valence-electron chi connectivity index (χ3n) is 5.34. The van der Waals surface area contributed by atoms with Crippen LogP contribution in [0.3, 0.4) is 0 Å². The number of nitrogens with one attached hydrogen (secondary N) is 1. The van der Waals surface area contributed by atoms with E-state index in [1.54, 1.807) is 6.07 Å². The molecular formula is C23H33N3O4. The van der Waals surface area contributed by atoms with Crippen molar-refractivity contribution in [2.24, 2.45) is 5.92 Å². The highest BCUT2D eigenvalue weighted by Crippen LogP contribution is 2.38. The smallest absolute Gasteiger partial charge is 0.271 e. The Morgan fingerprint density at radius 3 is 2.33 bits per heavy atom. The summed E-state index contributed by atoms with van der Waals surface area (Å²) in [6, 6.07) is 7.41. The molecule has 3 rings (SSSR count). The number of rotatable bonds is 8. The molecule has 0 unspecified atom stereocenters. The Labute approximate surface area is 178 Å². The zero-order valence-electron chi connectivity index (χ0n) is 18.4. The van der Waals surface area contributed by atoms with Crippen molar-refractivity contribution in [1.82, 2.24) is 15.1 Å². The number of piperidine rings is 1. The molecule has 0 radical (unpaired) electrons. The van der Waals surface area contributed by atoms with E-state index < -0.39 is 5.60 Å². The highest BCUT2D eigenvalue weighted by molar-refractivity contribution is 5.94. The molecule has 1 aliphatic rings. The molecule has 0 atom stereocenters. The maximum absolute atomic E-state index is 13.0. The molecule has 1 amide bonds. The zero-order chi connectivity index (χ0) is 21.7. The first-order valence-electron chi connectivity index (χ1n) is 10.8. The number of aromatic amines is 1. The molecule has 2 aromatic rings. The molecule has 164 valence electrons. The van der Waals surface area contributed by atoms with E-state index in [1.165, 1.54) is 0 Å². The molecule has 1 fully saturated rings. The van der Waals surface area contributed by atoms with E-state index in [2.05, 4.69) is 10.2 Å². The van der Waals surface area contributed by atoms with Gasteiger partial charge in [0, 0.05) is 13.1 Å². The molecule has 1 aromatic heterocycles. The summed E-state index contributed by atoms with van der Waals surface area (Å²) >= 11 is 0. The fourth-order valence-corrected chi connectivity index (χ4v) is 4.09. The lowest BCUT2D eigenvalue weighted by Gasteiger charge is -2.34. The summed E-state index contributed by atoms with van der Waals surface area (Å²) in [6.45, 7) is 9.97. The van der Waals surface area contributed by atoms with Gasteiger partial charge < -0.3 is 19.5 Å². The van der Waals surface area contributed by atoms with E-state index in [-0.39, 0.29) is 5.91 Å². The minimum absolute atomic E-state index is 0.0534. The van der Waals surface area contributed by atoms with Crippen LogP contribution in [0.15, 0.2) is 24.3 Å². The summed E-state index contributed by atoms with van der Waals surface area (Å²) in [6.07, 6.45) is 2.56. The molecule has 0 spiro atoms. The Morgan fingerprint density at radius 1 is 1.20 bits per heavy atom. The highest BCUT2D eigenvalue weighted by atomic mass is 16.5. The number of ether oxygens (including phenoxy) is 2. The first kappa shape index (κ1) is 22.2. The first-order valence-corrected chi connectivity index (χ1v) is 10.8. The minimum Gasteiger partial charge on any atom is -0.493 e. The number of aliphatic hydroxyl groups is 1. The SMILES string of the molecule is CCOc1cccc(OCC)c1-c1cc(C(=O)N2CCC(CC(C)(C)O)CC2)[nH]n1. The molecule has 0 aliphatic carbocycles. The van der Waals surface area contributed by atoms with Crippen molar-refractivity contribution in [2.45, 2.75) is 52.6 Å². The zero-order valence-corrected chi connectivity index (χ0v) is 18.4. The van der Waals surface area contributed by atoms with Crippen LogP contribution >= 0.6 is 0 Å². The molecule has 7 heteroatoms. The lowest BCUT2D eigenvalue weighted by molar-refractivity contribution is 0.0357. The summed E-state index contributed by atoms with van der Waals surface area (Å²) in [5.41, 5.74) is 1.17. The Morgan fingerprint density at radius 2 is 1.80 bits per heavy atom. The molecule has 30 heavy (non-hydrogen) atoms. The standard InChI is InChI=1S/C23H33N3O4/c1-5-29-19-8-7-9-20(30-6-2)21(19)17-14-18(25-24-17)22(27)26-12-10-16(11-13-26)15-23(3,4)28/h7-9,14,16,28H,5-6,10-13,15H2,1-4H3,(H,24,25). The van der Waals surface area contributed by atoms with E-state index in [1.807, 2.05) is 50.8 Å². The number of amides is 1. The summed E-state index contributed by atoms with van der Waals surface area (Å²) < 4.78 is 11.5. The quantitative estimate of drug-likeness (QED) is 0.683. The van der Waals surface area contributed by atoms with Gasteiger partial charge >= 0.3 is 0 Å². The monoisotopic (exact) mass is 415 g/mol. The number of likely N-dealkylation sites (tertiary alicyclic amines) is 1. The second-order valence-electron chi connectivity index (χ2n) is 8.41. The van der Waals surface area contributed by atoms with Gasteiger partial charge in [0.05, 0.1) is 24.4 Å². The number of nitrogens with zero attached hydrogens (tertiary/aromatic N) is 2. The topological polar surface area (TPSA) is 87.7 Å². The number of benzene rings is 1. The van der Waals surface area contributed by atoms with Gasteiger partial charge in [-0.3, -0.25) is 9.89 Å². The maximum atomic E-state index is 13.0. The third-order valence-corrected chi connectivity index (χ3v) is 5.34. The summed E-state index contributed by atoms with van der Waals surface area (Å²) in [5, 5.41) is 17.3. The molecule has 2 N–H and O–H groups in total. The lowest BCUT2D eigenvalue weighted by atomic mass is 9.86. The van der Waals surface area contributed by atoms with Crippen molar-refractivity contribution in [3.63, 3.8) is 0 Å². The summed E-state index contributed by atoms with van der Waals surface area (Å²) in [4.78, 5) is 14.9. The summed E-state index contributed by atoms with van der Waals surface area (Å²) in [7, 11) is 0. The molecule has 0 saturated carbocycles. The van der Waals surface area contributed by atoms with E-state index in [9.17, 15) is 9.90 Å². The van der Waals surface area contributed by atoms with Crippen LogP contribution in [0.4, 0.5) is 0 Å². The minimum atomic E-state index is -0.665. The van der Waals surface area contributed by atoms with Gasteiger partial charge in [0.25, 0.3) is 5.91 Å². The molecule has 1 saturated heterocycles. The van der Waals surface area contributed by atoms with Crippen molar-refractivity contribution in [3.05, 3.63) is 30.0 Å². The predicted octanol–water partition coefficient (Wildman–Crippen LogP) is 3.89.